The van der Waals surface area contributed by atoms with Gasteiger partial charge in [-0.05, 0) is 44.2 Å². The molecule has 1 aromatic rings. The van der Waals surface area contributed by atoms with E-state index in [1.807, 2.05) is 42.2 Å². The molecule has 6 nitrogen and oxygen atoms in total. The van der Waals surface area contributed by atoms with E-state index in [2.05, 4.69) is 12.2 Å². The van der Waals surface area contributed by atoms with Gasteiger partial charge in [-0.3, -0.25) is 9.59 Å². The first-order valence-corrected chi connectivity index (χ1v) is 9.90. The lowest BCUT2D eigenvalue weighted by Crippen LogP contribution is -2.35. The van der Waals surface area contributed by atoms with Crippen molar-refractivity contribution >= 4 is 11.9 Å². The molecule has 0 aliphatic carbocycles. The van der Waals surface area contributed by atoms with Crippen molar-refractivity contribution in [2.45, 2.75) is 46.1 Å². The Labute approximate surface area is 167 Å². The van der Waals surface area contributed by atoms with E-state index in [0.29, 0.717) is 32.5 Å². The summed E-state index contributed by atoms with van der Waals surface area (Å²) in [6.07, 6.45) is 3.89. The number of nitrogens with one attached hydrogen (secondary N) is 1. The zero-order chi connectivity index (χ0) is 20.5. The molecule has 0 bridgehead atoms. The van der Waals surface area contributed by atoms with Crippen molar-refractivity contribution in [1.82, 2.24) is 10.2 Å². The molecule has 1 atom stereocenters. The molecule has 1 amide bonds. The summed E-state index contributed by atoms with van der Waals surface area (Å²) in [4.78, 5) is 26.3. The van der Waals surface area contributed by atoms with Crippen LogP contribution in [0.4, 0.5) is 0 Å². The highest BCUT2D eigenvalue weighted by Crippen LogP contribution is 2.20. The van der Waals surface area contributed by atoms with Gasteiger partial charge in [-0.1, -0.05) is 31.2 Å². The van der Waals surface area contributed by atoms with Crippen molar-refractivity contribution in [3.63, 3.8) is 0 Å². The van der Waals surface area contributed by atoms with Crippen molar-refractivity contribution in [3.05, 3.63) is 47.2 Å². The molecule has 0 saturated carbocycles. The Morgan fingerprint density at radius 1 is 1.29 bits per heavy atom. The fraction of sp³-hybridized carbons (Fsp3) is 0.500. The van der Waals surface area contributed by atoms with Crippen LogP contribution in [0.5, 0.6) is 0 Å². The predicted molar refractivity (Wildman–Crippen MR) is 107 cm³/mol. The van der Waals surface area contributed by atoms with Gasteiger partial charge >= 0.3 is 5.97 Å². The first-order valence-electron chi connectivity index (χ1n) is 9.90. The number of hydrogen-bond donors (Lipinski definition) is 1. The second kappa shape index (κ2) is 10.5. The quantitative estimate of drug-likeness (QED) is 0.444. The summed E-state index contributed by atoms with van der Waals surface area (Å²) in [5.41, 5.74) is 2.32. The number of carbonyl (C=O) groups is 2. The van der Waals surface area contributed by atoms with E-state index in [4.69, 9.17) is 4.74 Å². The summed E-state index contributed by atoms with van der Waals surface area (Å²) in [5, 5.41) is 12.3. The molecule has 0 radical (unpaired) electrons. The number of likely N-dealkylation sites (tertiary alicyclic amines) is 1. The molecule has 1 heterocycles. The summed E-state index contributed by atoms with van der Waals surface area (Å²) in [7, 11) is 0. The van der Waals surface area contributed by atoms with E-state index < -0.39 is 0 Å². The minimum Gasteiger partial charge on any atom is -0.466 e. The second-order valence-electron chi connectivity index (χ2n) is 7.01. The lowest BCUT2D eigenvalue weighted by molar-refractivity contribution is -0.149. The fourth-order valence-corrected chi connectivity index (χ4v) is 3.24. The van der Waals surface area contributed by atoms with E-state index in [9.17, 15) is 14.9 Å². The normalized spacial score (nSPS) is 16.2. The van der Waals surface area contributed by atoms with Gasteiger partial charge in [0.25, 0.3) is 5.91 Å². The number of rotatable bonds is 7. The number of nitriles is 1. The summed E-state index contributed by atoms with van der Waals surface area (Å²) >= 11 is 0. The SMILES string of the molecule is CCOC(=O)C1CCN(/C=C(/C#N)C(=O)NC(C)c2ccc(CC)cc2)CC1. The standard InChI is InChI=1S/C22H29N3O3/c1-4-17-6-8-18(9-7-17)16(3)24-21(26)20(14-23)15-25-12-10-19(11-13-25)22(27)28-5-2/h6-9,15-16,19H,4-5,10-13H2,1-3H3,(H,24,26)/b20-15-. The molecule has 150 valence electrons. The van der Waals surface area contributed by atoms with E-state index in [1.165, 1.54) is 5.56 Å². The van der Waals surface area contributed by atoms with Gasteiger partial charge in [0.1, 0.15) is 11.6 Å². The number of ether oxygens (including phenoxy) is 1. The molecular weight excluding hydrogens is 354 g/mol. The highest BCUT2D eigenvalue weighted by Gasteiger charge is 2.25. The molecule has 6 heteroatoms. The lowest BCUT2D eigenvalue weighted by atomic mass is 9.97. The van der Waals surface area contributed by atoms with Crippen molar-refractivity contribution in [2.24, 2.45) is 5.92 Å². The third-order valence-corrected chi connectivity index (χ3v) is 5.06. The van der Waals surface area contributed by atoms with E-state index in [1.54, 1.807) is 13.1 Å². The minimum atomic E-state index is -0.387. The van der Waals surface area contributed by atoms with Crippen LogP contribution in [0.15, 0.2) is 36.0 Å². The molecule has 1 aliphatic rings. The summed E-state index contributed by atoms with van der Waals surface area (Å²) in [6.45, 7) is 7.42. The lowest BCUT2D eigenvalue weighted by Gasteiger charge is -2.30. The van der Waals surface area contributed by atoms with Crippen LogP contribution in [0.25, 0.3) is 0 Å². The van der Waals surface area contributed by atoms with Gasteiger partial charge in [0, 0.05) is 19.3 Å². The molecule has 1 aromatic carbocycles. The Morgan fingerprint density at radius 2 is 1.93 bits per heavy atom. The van der Waals surface area contributed by atoms with E-state index in [0.717, 1.165) is 12.0 Å². The number of aryl methyl sites for hydroxylation is 1. The van der Waals surface area contributed by atoms with E-state index >= 15 is 0 Å². The number of carbonyl (C=O) groups excluding carboxylic acids is 2. The highest BCUT2D eigenvalue weighted by molar-refractivity contribution is 5.97. The van der Waals surface area contributed by atoms with Crippen LogP contribution in [-0.4, -0.2) is 36.5 Å². The zero-order valence-electron chi connectivity index (χ0n) is 16.9. The monoisotopic (exact) mass is 383 g/mol. The molecule has 1 unspecified atom stereocenters. The van der Waals surface area contributed by atoms with Crippen LogP contribution in [0, 0.1) is 17.2 Å². The van der Waals surface area contributed by atoms with Gasteiger partial charge in [0.05, 0.1) is 18.6 Å². The second-order valence-corrected chi connectivity index (χ2v) is 7.01. The molecule has 1 N–H and O–H groups in total. The third-order valence-electron chi connectivity index (χ3n) is 5.06. The number of hydrogen-bond acceptors (Lipinski definition) is 5. The van der Waals surface area contributed by atoms with Gasteiger partial charge in [-0.2, -0.15) is 5.26 Å². The van der Waals surface area contributed by atoms with Crippen LogP contribution >= 0.6 is 0 Å². The van der Waals surface area contributed by atoms with Gasteiger partial charge < -0.3 is 15.0 Å². The van der Waals surface area contributed by atoms with Crippen molar-refractivity contribution < 1.29 is 14.3 Å². The highest BCUT2D eigenvalue weighted by atomic mass is 16.5. The third kappa shape index (κ3) is 5.85. The fourth-order valence-electron chi connectivity index (χ4n) is 3.24. The first kappa shape index (κ1) is 21.5. The Balaban J connectivity index is 1.93. The van der Waals surface area contributed by atoms with Gasteiger partial charge in [0.2, 0.25) is 0 Å². The van der Waals surface area contributed by atoms with Crippen LogP contribution in [0.1, 0.15) is 50.8 Å². The molecule has 1 aliphatic heterocycles. The Bertz CT molecular complexity index is 741. The molecule has 0 aromatic heterocycles. The van der Waals surface area contributed by atoms with E-state index in [-0.39, 0.29) is 29.4 Å². The van der Waals surface area contributed by atoms with Crippen molar-refractivity contribution in [2.75, 3.05) is 19.7 Å². The van der Waals surface area contributed by atoms with Crippen molar-refractivity contribution in [1.29, 1.82) is 5.26 Å². The summed E-state index contributed by atoms with van der Waals surface area (Å²) in [5.74, 6) is -0.649. The maximum absolute atomic E-state index is 12.5. The number of esters is 1. The van der Waals surface area contributed by atoms with Crippen LogP contribution in [-0.2, 0) is 20.7 Å². The average Bonchev–Trinajstić information content (AvgIpc) is 2.72. The van der Waals surface area contributed by atoms with Crippen molar-refractivity contribution in [3.8, 4) is 6.07 Å². The number of amides is 1. The molecule has 1 fully saturated rings. The number of piperidine rings is 1. The minimum absolute atomic E-state index is 0.0756. The summed E-state index contributed by atoms with van der Waals surface area (Å²) in [6, 6.07) is 9.90. The smallest absolute Gasteiger partial charge is 0.309 e. The van der Waals surface area contributed by atoms with Crippen LogP contribution in [0.3, 0.4) is 0 Å². The topological polar surface area (TPSA) is 82.4 Å². The van der Waals surface area contributed by atoms with Gasteiger partial charge in [-0.25, -0.2) is 0 Å². The zero-order valence-corrected chi connectivity index (χ0v) is 16.9. The van der Waals surface area contributed by atoms with Crippen LogP contribution in [0.2, 0.25) is 0 Å². The number of benzene rings is 1. The largest absolute Gasteiger partial charge is 0.466 e. The molecule has 1 saturated heterocycles. The Morgan fingerprint density at radius 3 is 2.46 bits per heavy atom. The van der Waals surface area contributed by atoms with Crippen LogP contribution < -0.4 is 5.32 Å². The Kier molecular flexibility index (Phi) is 8.06. The molecule has 0 spiro atoms. The molecule has 2 rings (SSSR count). The average molecular weight is 383 g/mol. The molecule has 28 heavy (non-hydrogen) atoms. The number of nitrogens with zero attached hydrogens (tertiary/aromatic N) is 2. The van der Waals surface area contributed by atoms with Gasteiger partial charge in [-0.15, -0.1) is 0 Å². The maximum atomic E-state index is 12.5. The summed E-state index contributed by atoms with van der Waals surface area (Å²) < 4.78 is 5.07. The van der Waals surface area contributed by atoms with Gasteiger partial charge in [0.15, 0.2) is 0 Å². The Hall–Kier alpha value is -2.81. The first-order chi connectivity index (χ1) is 13.5. The molecular formula is C22H29N3O3. The predicted octanol–water partition coefficient (Wildman–Crippen LogP) is 3.11. The maximum Gasteiger partial charge on any atom is 0.309 e.